The number of hydrogen-bond acceptors (Lipinski definition) is 4. The summed E-state index contributed by atoms with van der Waals surface area (Å²) >= 11 is 0. The van der Waals surface area contributed by atoms with Crippen molar-refractivity contribution < 1.29 is 14.3 Å². The summed E-state index contributed by atoms with van der Waals surface area (Å²) in [5, 5.41) is 1.77. The quantitative estimate of drug-likeness (QED) is 0.735. The maximum Gasteiger partial charge on any atom is 0.338 e. The molecular weight excluding hydrogens is 242 g/mol. The third-order valence-electron chi connectivity index (χ3n) is 3.63. The molecule has 4 nitrogen and oxygen atoms in total. The lowest BCUT2D eigenvalue weighted by molar-refractivity contribution is -0.119. The highest BCUT2D eigenvalue weighted by Crippen LogP contribution is 2.24. The Balaban J connectivity index is 2.10. The SMILES string of the molecule is CCOC(=O)c1ccc2c(c1)=C1CCCC(=O)[C@H]1N=2. The molecule has 0 spiro atoms. The number of esters is 1. The second-order valence-corrected chi connectivity index (χ2v) is 4.83. The number of fused-ring (bicyclic) bond motifs is 2. The number of benzene rings is 1. The number of rotatable bonds is 2. The van der Waals surface area contributed by atoms with Crippen molar-refractivity contribution in [3.8, 4) is 0 Å². The molecule has 0 radical (unpaired) electrons. The van der Waals surface area contributed by atoms with Crippen LogP contribution in [-0.2, 0) is 9.53 Å². The molecule has 98 valence electrons. The normalized spacial score (nSPS) is 20.6. The van der Waals surface area contributed by atoms with Gasteiger partial charge in [-0.25, -0.2) is 4.79 Å². The van der Waals surface area contributed by atoms with Crippen molar-refractivity contribution in [1.29, 1.82) is 0 Å². The third kappa shape index (κ3) is 1.97. The number of Topliss-reactive ketones (excluding diaryl/α,β-unsaturated/α-hetero) is 1. The second kappa shape index (κ2) is 4.61. The van der Waals surface area contributed by atoms with Crippen LogP contribution < -0.4 is 10.6 Å². The molecule has 1 aliphatic heterocycles. The predicted molar refractivity (Wildman–Crippen MR) is 69.2 cm³/mol. The molecule has 3 rings (SSSR count). The molecule has 0 bridgehead atoms. The Labute approximate surface area is 110 Å². The van der Waals surface area contributed by atoms with Crippen molar-refractivity contribution in [1.82, 2.24) is 0 Å². The second-order valence-electron chi connectivity index (χ2n) is 4.83. The van der Waals surface area contributed by atoms with Crippen LogP contribution >= 0.6 is 0 Å². The largest absolute Gasteiger partial charge is 0.462 e. The van der Waals surface area contributed by atoms with Gasteiger partial charge in [-0.3, -0.25) is 9.79 Å². The lowest BCUT2D eigenvalue weighted by Gasteiger charge is -2.17. The molecule has 1 heterocycles. The van der Waals surface area contributed by atoms with Crippen LogP contribution in [0.4, 0.5) is 0 Å². The van der Waals surface area contributed by atoms with E-state index in [1.54, 1.807) is 19.1 Å². The maximum absolute atomic E-state index is 11.9. The van der Waals surface area contributed by atoms with Crippen molar-refractivity contribution in [2.75, 3.05) is 6.61 Å². The van der Waals surface area contributed by atoms with Crippen LogP contribution in [0.1, 0.15) is 36.5 Å². The van der Waals surface area contributed by atoms with E-state index in [1.165, 1.54) is 0 Å². The average Bonchev–Trinajstić information content (AvgIpc) is 2.78. The predicted octanol–water partition coefficient (Wildman–Crippen LogP) is 0.769. The molecule has 0 saturated heterocycles. The minimum absolute atomic E-state index is 0.190. The van der Waals surface area contributed by atoms with E-state index in [4.69, 9.17) is 4.74 Å². The highest BCUT2D eigenvalue weighted by molar-refractivity contribution is 5.96. The van der Waals surface area contributed by atoms with E-state index in [2.05, 4.69) is 4.99 Å². The number of ether oxygens (including phenoxy) is 1. The summed E-state index contributed by atoms with van der Waals surface area (Å²) < 4.78 is 5.00. The van der Waals surface area contributed by atoms with E-state index in [1.807, 2.05) is 6.07 Å². The van der Waals surface area contributed by atoms with E-state index in [9.17, 15) is 9.59 Å². The van der Waals surface area contributed by atoms with Crippen LogP contribution in [0.15, 0.2) is 23.2 Å². The molecule has 1 atom stereocenters. The molecule has 0 amide bonds. The van der Waals surface area contributed by atoms with E-state index in [0.717, 1.165) is 29.0 Å². The minimum Gasteiger partial charge on any atom is -0.462 e. The van der Waals surface area contributed by atoms with Gasteiger partial charge in [0.15, 0.2) is 5.78 Å². The molecule has 4 heteroatoms. The van der Waals surface area contributed by atoms with Gasteiger partial charge >= 0.3 is 5.97 Å². The Kier molecular flexibility index (Phi) is 2.93. The first-order valence-electron chi connectivity index (χ1n) is 6.61. The Morgan fingerprint density at radius 1 is 1.42 bits per heavy atom. The zero-order valence-electron chi connectivity index (χ0n) is 10.8. The Morgan fingerprint density at radius 3 is 3.05 bits per heavy atom. The molecule has 19 heavy (non-hydrogen) atoms. The molecule has 2 aliphatic rings. The summed E-state index contributed by atoms with van der Waals surface area (Å²) in [7, 11) is 0. The molecule has 1 aromatic rings. The molecule has 1 fully saturated rings. The summed E-state index contributed by atoms with van der Waals surface area (Å²) in [6.07, 6.45) is 2.37. The average molecular weight is 257 g/mol. The first-order valence-corrected chi connectivity index (χ1v) is 6.61. The van der Waals surface area contributed by atoms with Crippen LogP contribution in [-0.4, -0.2) is 24.4 Å². The van der Waals surface area contributed by atoms with Crippen LogP contribution in [0.5, 0.6) is 0 Å². The van der Waals surface area contributed by atoms with Crippen molar-refractivity contribution in [2.24, 2.45) is 4.99 Å². The highest BCUT2D eigenvalue weighted by Gasteiger charge is 2.29. The smallest absolute Gasteiger partial charge is 0.338 e. The van der Waals surface area contributed by atoms with Crippen LogP contribution in [0, 0.1) is 0 Å². The van der Waals surface area contributed by atoms with Gasteiger partial charge in [0.2, 0.25) is 0 Å². The van der Waals surface area contributed by atoms with E-state index in [0.29, 0.717) is 18.6 Å². The molecule has 1 saturated carbocycles. The van der Waals surface area contributed by atoms with Gasteiger partial charge in [0, 0.05) is 11.6 Å². The molecule has 0 unspecified atom stereocenters. The number of ketones is 1. The van der Waals surface area contributed by atoms with Gasteiger partial charge < -0.3 is 4.74 Å². The monoisotopic (exact) mass is 257 g/mol. The fourth-order valence-corrected chi connectivity index (χ4v) is 2.74. The van der Waals surface area contributed by atoms with Gasteiger partial charge in [-0.2, -0.15) is 0 Å². The van der Waals surface area contributed by atoms with Crippen molar-refractivity contribution in [3.63, 3.8) is 0 Å². The zero-order valence-corrected chi connectivity index (χ0v) is 10.8. The van der Waals surface area contributed by atoms with Crippen LogP contribution in [0.3, 0.4) is 0 Å². The lowest BCUT2D eigenvalue weighted by Crippen LogP contribution is -2.27. The van der Waals surface area contributed by atoms with Gasteiger partial charge in [0.25, 0.3) is 0 Å². The third-order valence-corrected chi connectivity index (χ3v) is 3.63. The fourth-order valence-electron chi connectivity index (χ4n) is 2.74. The molecule has 1 aromatic carbocycles. The van der Waals surface area contributed by atoms with Gasteiger partial charge in [0.1, 0.15) is 6.04 Å². The zero-order chi connectivity index (χ0) is 13.4. The highest BCUT2D eigenvalue weighted by atomic mass is 16.5. The van der Waals surface area contributed by atoms with Crippen molar-refractivity contribution in [2.45, 2.75) is 32.2 Å². The van der Waals surface area contributed by atoms with Crippen molar-refractivity contribution in [3.05, 3.63) is 34.3 Å². The van der Waals surface area contributed by atoms with E-state index in [-0.39, 0.29) is 17.8 Å². The van der Waals surface area contributed by atoms with Crippen molar-refractivity contribution >= 4 is 17.3 Å². The first-order chi connectivity index (χ1) is 9.20. The number of nitrogens with zero attached hydrogens (tertiary/aromatic N) is 1. The molecule has 0 aromatic heterocycles. The topological polar surface area (TPSA) is 55.7 Å². The summed E-state index contributed by atoms with van der Waals surface area (Å²) in [6, 6.07) is 5.02. The van der Waals surface area contributed by atoms with Crippen LogP contribution in [0.2, 0.25) is 0 Å². The van der Waals surface area contributed by atoms with Gasteiger partial charge in [-0.05, 0) is 43.5 Å². The summed E-state index contributed by atoms with van der Waals surface area (Å²) in [6.45, 7) is 2.14. The number of carbonyl (C=O) groups is 2. The van der Waals surface area contributed by atoms with Gasteiger partial charge in [0.05, 0.1) is 17.5 Å². The maximum atomic E-state index is 11.9. The molecule has 0 N–H and O–H groups in total. The first kappa shape index (κ1) is 12.1. The van der Waals surface area contributed by atoms with E-state index < -0.39 is 0 Å². The standard InChI is InChI=1S/C15H15NO3/c1-2-19-15(18)9-6-7-12-11(8-9)10-4-3-5-13(17)14(10)16-12/h6-8,14H,2-5H2,1H3/t14-/m0/s1. The van der Waals surface area contributed by atoms with Gasteiger partial charge in [-0.15, -0.1) is 0 Å². The molecular formula is C15H15NO3. The summed E-state index contributed by atoms with van der Waals surface area (Å²) in [5.74, 6) is -0.133. The van der Waals surface area contributed by atoms with E-state index >= 15 is 0 Å². The Morgan fingerprint density at radius 2 is 2.26 bits per heavy atom. The lowest BCUT2D eigenvalue weighted by atomic mass is 9.89. The number of hydrogen-bond donors (Lipinski definition) is 0. The summed E-state index contributed by atoms with van der Waals surface area (Å²) in [4.78, 5) is 28.1. The summed E-state index contributed by atoms with van der Waals surface area (Å²) in [5.41, 5.74) is 1.60. The van der Waals surface area contributed by atoms with Crippen LogP contribution in [0.25, 0.3) is 5.57 Å². The van der Waals surface area contributed by atoms with Gasteiger partial charge in [-0.1, -0.05) is 0 Å². The Hall–Kier alpha value is -1.97. The minimum atomic E-state index is -0.323. The Bertz CT molecular complexity index is 675. The number of carbonyl (C=O) groups excluding carboxylic acids is 2. The fraction of sp³-hybridized carbons (Fsp3) is 0.400. The molecule has 1 aliphatic carbocycles.